The van der Waals surface area contributed by atoms with Crippen LogP contribution in [0.15, 0.2) is 60.7 Å². The molecule has 0 spiro atoms. The van der Waals surface area contributed by atoms with Gasteiger partial charge in [0.2, 0.25) is 0 Å². The molecule has 2 aromatic carbocycles. The van der Waals surface area contributed by atoms with Gasteiger partial charge < -0.3 is 10.1 Å². The molecule has 3 heterocycles. The SMILES string of the molecule is Cc1c(-c2ccccc2)n[nH]c1C(=O)N[C@@H]1C[C@H]2CO[C@@H](c3ccccc3)CN2C1. The number of morpholine rings is 1. The summed E-state index contributed by atoms with van der Waals surface area (Å²) in [5.41, 5.74) is 4.46. The second-order valence-corrected chi connectivity index (χ2v) is 8.18. The number of nitrogens with zero attached hydrogens (tertiary/aromatic N) is 2. The predicted molar refractivity (Wildman–Crippen MR) is 115 cm³/mol. The zero-order chi connectivity index (χ0) is 20.5. The summed E-state index contributed by atoms with van der Waals surface area (Å²) >= 11 is 0. The molecule has 2 saturated heterocycles. The molecule has 2 aliphatic rings. The molecule has 2 N–H and O–H groups in total. The van der Waals surface area contributed by atoms with Crippen molar-refractivity contribution in [3.05, 3.63) is 77.5 Å². The summed E-state index contributed by atoms with van der Waals surface area (Å²) in [5.74, 6) is -0.0902. The lowest BCUT2D eigenvalue weighted by atomic mass is 10.1. The molecule has 0 bridgehead atoms. The number of nitrogens with one attached hydrogen (secondary N) is 2. The summed E-state index contributed by atoms with van der Waals surface area (Å²) in [5, 5.41) is 10.5. The first-order chi connectivity index (χ1) is 14.7. The summed E-state index contributed by atoms with van der Waals surface area (Å²) < 4.78 is 6.12. The predicted octanol–water partition coefficient (Wildman–Crippen LogP) is 3.33. The van der Waals surface area contributed by atoms with Crippen LogP contribution in [0, 0.1) is 6.92 Å². The topological polar surface area (TPSA) is 70.2 Å². The monoisotopic (exact) mass is 402 g/mol. The van der Waals surface area contributed by atoms with E-state index in [1.54, 1.807) is 0 Å². The fourth-order valence-corrected chi connectivity index (χ4v) is 4.60. The molecule has 0 aliphatic carbocycles. The van der Waals surface area contributed by atoms with Gasteiger partial charge in [-0.25, -0.2) is 0 Å². The number of amides is 1. The fourth-order valence-electron chi connectivity index (χ4n) is 4.60. The average molecular weight is 402 g/mol. The van der Waals surface area contributed by atoms with E-state index in [0.717, 1.165) is 36.3 Å². The number of fused-ring (bicyclic) bond motifs is 1. The number of carbonyl (C=O) groups is 1. The van der Waals surface area contributed by atoms with E-state index in [4.69, 9.17) is 4.74 Å². The highest BCUT2D eigenvalue weighted by atomic mass is 16.5. The molecule has 3 atom stereocenters. The molecule has 154 valence electrons. The van der Waals surface area contributed by atoms with Crippen LogP contribution in [0.1, 0.15) is 34.1 Å². The fraction of sp³-hybridized carbons (Fsp3) is 0.333. The van der Waals surface area contributed by atoms with Gasteiger partial charge in [0.25, 0.3) is 5.91 Å². The molecule has 6 nitrogen and oxygen atoms in total. The van der Waals surface area contributed by atoms with Crippen molar-refractivity contribution in [2.24, 2.45) is 0 Å². The highest BCUT2D eigenvalue weighted by molar-refractivity contribution is 5.95. The van der Waals surface area contributed by atoms with Gasteiger partial charge in [0, 0.05) is 36.3 Å². The minimum Gasteiger partial charge on any atom is -0.371 e. The van der Waals surface area contributed by atoms with E-state index in [1.165, 1.54) is 5.56 Å². The Balaban J connectivity index is 1.24. The lowest BCUT2D eigenvalue weighted by Crippen LogP contribution is -2.43. The van der Waals surface area contributed by atoms with Crippen molar-refractivity contribution < 1.29 is 9.53 Å². The van der Waals surface area contributed by atoms with Crippen LogP contribution in [0.25, 0.3) is 11.3 Å². The lowest BCUT2D eigenvalue weighted by Gasteiger charge is -2.35. The van der Waals surface area contributed by atoms with Crippen LogP contribution in [0.2, 0.25) is 0 Å². The van der Waals surface area contributed by atoms with Crippen LogP contribution in [0.3, 0.4) is 0 Å². The molecule has 5 rings (SSSR count). The minimum absolute atomic E-state index is 0.0902. The van der Waals surface area contributed by atoms with E-state index in [-0.39, 0.29) is 18.1 Å². The number of rotatable bonds is 4. The number of ether oxygens (including phenoxy) is 1. The average Bonchev–Trinajstić information content (AvgIpc) is 3.37. The zero-order valence-corrected chi connectivity index (χ0v) is 17.0. The van der Waals surface area contributed by atoms with E-state index < -0.39 is 0 Å². The van der Waals surface area contributed by atoms with Crippen molar-refractivity contribution in [1.82, 2.24) is 20.4 Å². The number of aromatic amines is 1. The standard InChI is InChI=1S/C24H26N4O2/c1-16-22(18-10-6-3-7-11-18)26-27-23(16)24(29)25-19-12-20-15-30-21(14-28(20)13-19)17-8-4-2-5-9-17/h2-11,19-21H,12-15H2,1H3,(H,25,29)(H,26,27)/t19-,20+,21-/m1/s1. The van der Waals surface area contributed by atoms with Crippen molar-refractivity contribution in [1.29, 1.82) is 0 Å². The van der Waals surface area contributed by atoms with Gasteiger partial charge >= 0.3 is 0 Å². The number of H-pyrrole nitrogens is 1. The second kappa shape index (κ2) is 8.05. The van der Waals surface area contributed by atoms with Gasteiger partial charge in [0.15, 0.2) is 0 Å². The van der Waals surface area contributed by atoms with Crippen LogP contribution in [-0.2, 0) is 4.74 Å². The van der Waals surface area contributed by atoms with Crippen molar-refractivity contribution in [2.75, 3.05) is 19.7 Å². The highest BCUT2D eigenvalue weighted by Gasteiger charge is 2.38. The first kappa shape index (κ1) is 19.0. The number of aromatic nitrogens is 2. The zero-order valence-electron chi connectivity index (χ0n) is 17.0. The smallest absolute Gasteiger partial charge is 0.269 e. The first-order valence-corrected chi connectivity index (χ1v) is 10.5. The normalized spacial score (nSPS) is 23.8. The van der Waals surface area contributed by atoms with Gasteiger partial charge in [-0.1, -0.05) is 60.7 Å². The number of carbonyl (C=O) groups excluding carboxylic acids is 1. The molecular formula is C24H26N4O2. The Morgan fingerprint density at radius 2 is 1.83 bits per heavy atom. The van der Waals surface area contributed by atoms with Gasteiger partial charge in [-0.15, -0.1) is 0 Å². The maximum Gasteiger partial charge on any atom is 0.269 e. The molecule has 30 heavy (non-hydrogen) atoms. The number of hydrogen-bond donors (Lipinski definition) is 2. The summed E-state index contributed by atoms with van der Waals surface area (Å²) in [6, 6.07) is 20.8. The largest absolute Gasteiger partial charge is 0.371 e. The minimum atomic E-state index is -0.0902. The molecule has 1 aromatic heterocycles. The second-order valence-electron chi connectivity index (χ2n) is 8.18. The molecular weight excluding hydrogens is 376 g/mol. The molecule has 0 saturated carbocycles. The van der Waals surface area contributed by atoms with Gasteiger partial charge in [-0.3, -0.25) is 14.8 Å². The molecule has 0 radical (unpaired) electrons. The molecule has 2 aliphatic heterocycles. The third-order valence-corrected chi connectivity index (χ3v) is 6.21. The van der Waals surface area contributed by atoms with Crippen molar-refractivity contribution in [3.8, 4) is 11.3 Å². The Morgan fingerprint density at radius 3 is 2.60 bits per heavy atom. The van der Waals surface area contributed by atoms with E-state index in [0.29, 0.717) is 18.3 Å². The van der Waals surface area contributed by atoms with E-state index in [1.807, 2.05) is 55.5 Å². The van der Waals surface area contributed by atoms with Crippen molar-refractivity contribution in [3.63, 3.8) is 0 Å². The Morgan fingerprint density at radius 1 is 1.10 bits per heavy atom. The van der Waals surface area contributed by atoms with Crippen LogP contribution in [-0.4, -0.2) is 52.8 Å². The Hall–Kier alpha value is -2.96. The van der Waals surface area contributed by atoms with Crippen LogP contribution >= 0.6 is 0 Å². The maximum atomic E-state index is 12.9. The van der Waals surface area contributed by atoms with E-state index >= 15 is 0 Å². The third-order valence-electron chi connectivity index (χ3n) is 6.21. The summed E-state index contributed by atoms with van der Waals surface area (Å²) in [6.07, 6.45) is 1.01. The van der Waals surface area contributed by atoms with Crippen LogP contribution < -0.4 is 5.32 Å². The van der Waals surface area contributed by atoms with Gasteiger partial charge in [0.1, 0.15) is 5.69 Å². The van der Waals surface area contributed by atoms with Gasteiger partial charge in [-0.05, 0) is 18.9 Å². The molecule has 1 amide bonds. The van der Waals surface area contributed by atoms with Crippen molar-refractivity contribution in [2.45, 2.75) is 31.5 Å². The third kappa shape index (κ3) is 3.64. The Bertz CT molecular complexity index is 1020. The highest BCUT2D eigenvalue weighted by Crippen LogP contribution is 2.30. The maximum absolute atomic E-state index is 12.9. The van der Waals surface area contributed by atoms with Crippen molar-refractivity contribution >= 4 is 5.91 Å². The molecule has 3 aromatic rings. The summed E-state index contributed by atoms with van der Waals surface area (Å²) in [7, 11) is 0. The van der Waals surface area contributed by atoms with Gasteiger partial charge in [0.05, 0.1) is 18.4 Å². The van der Waals surface area contributed by atoms with Gasteiger partial charge in [-0.2, -0.15) is 5.10 Å². The van der Waals surface area contributed by atoms with E-state index in [2.05, 4.69) is 32.5 Å². The molecule has 6 heteroatoms. The first-order valence-electron chi connectivity index (χ1n) is 10.5. The van der Waals surface area contributed by atoms with Crippen LogP contribution in [0.4, 0.5) is 0 Å². The van der Waals surface area contributed by atoms with Crippen LogP contribution in [0.5, 0.6) is 0 Å². The molecule has 0 unspecified atom stereocenters. The summed E-state index contributed by atoms with van der Waals surface area (Å²) in [6.45, 7) is 4.36. The number of hydrogen-bond acceptors (Lipinski definition) is 4. The Kier molecular flexibility index (Phi) is 5.11. The lowest BCUT2D eigenvalue weighted by molar-refractivity contribution is -0.0502. The summed E-state index contributed by atoms with van der Waals surface area (Å²) in [4.78, 5) is 15.4. The number of benzene rings is 2. The molecule has 2 fully saturated rings. The quantitative estimate of drug-likeness (QED) is 0.702. The Labute approximate surface area is 176 Å². The van der Waals surface area contributed by atoms with E-state index in [9.17, 15) is 4.79 Å².